The molecule has 0 spiro atoms. The van der Waals surface area contributed by atoms with E-state index in [-0.39, 0.29) is 19.2 Å². The predicted octanol–water partition coefficient (Wildman–Crippen LogP) is 0.183. The van der Waals surface area contributed by atoms with E-state index in [0.717, 1.165) is 11.3 Å². The molecule has 0 bridgehead atoms. The summed E-state index contributed by atoms with van der Waals surface area (Å²) in [7, 11) is 1.29. The van der Waals surface area contributed by atoms with Crippen LogP contribution in [0.25, 0.3) is 0 Å². The number of carbonyl (C=O) groups excluding carboxylic acids is 2. The highest BCUT2D eigenvalue weighted by Crippen LogP contribution is 2.32. The molecule has 1 unspecified atom stereocenters. The smallest absolute Gasteiger partial charge is 0.329 e. The number of hydrogen-bond donors (Lipinski definition) is 2. The molecule has 7 heteroatoms. The lowest BCUT2D eigenvalue weighted by molar-refractivity contribution is -0.144. The van der Waals surface area contributed by atoms with Gasteiger partial charge < -0.3 is 24.8 Å². The summed E-state index contributed by atoms with van der Waals surface area (Å²) in [5.41, 5.74) is 0.991. The molecule has 1 amide bonds. The van der Waals surface area contributed by atoms with E-state index in [1.807, 2.05) is 18.2 Å². The minimum absolute atomic E-state index is 0.235. The van der Waals surface area contributed by atoms with Crippen LogP contribution in [0, 0.1) is 0 Å². The lowest BCUT2D eigenvalue weighted by Crippen LogP contribution is -2.46. The minimum atomic E-state index is -0.707. The molecule has 0 aliphatic carbocycles. The summed E-state index contributed by atoms with van der Waals surface area (Å²) in [4.78, 5) is 22.6. The summed E-state index contributed by atoms with van der Waals surface area (Å²) in [6.45, 7) is 2.40. The Morgan fingerprint density at radius 3 is 2.81 bits per heavy atom. The maximum atomic E-state index is 11.5. The van der Waals surface area contributed by atoms with Crippen molar-refractivity contribution >= 4 is 11.9 Å². The van der Waals surface area contributed by atoms with Crippen molar-refractivity contribution in [2.45, 2.75) is 19.5 Å². The van der Waals surface area contributed by atoms with Gasteiger partial charge in [-0.15, -0.1) is 0 Å². The molecule has 1 aromatic rings. The van der Waals surface area contributed by atoms with Crippen LogP contribution in [0.3, 0.4) is 0 Å². The molecule has 1 atom stereocenters. The topological polar surface area (TPSA) is 85.9 Å². The van der Waals surface area contributed by atoms with E-state index in [0.29, 0.717) is 12.3 Å². The van der Waals surface area contributed by atoms with Gasteiger partial charge in [-0.2, -0.15) is 0 Å². The highest BCUT2D eigenvalue weighted by molar-refractivity contribution is 5.83. The van der Waals surface area contributed by atoms with Gasteiger partial charge in [0.2, 0.25) is 12.7 Å². The molecule has 7 nitrogen and oxygen atoms in total. The fraction of sp³-hybridized carbons (Fsp3) is 0.429. The van der Waals surface area contributed by atoms with Gasteiger partial charge in [0.1, 0.15) is 6.04 Å². The van der Waals surface area contributed by atoms with E-state index in [1.54, 1.807) is 0 Å². The van der Waals surface area contributed by atoms with Crippen LogP contribution in [0.4, 0.5) is 0 Å². The van der Waals surface area contributed by atoms with Crippen molar-refractivity contribution in [1.29, 1.82) is 0 Å². The van der Waals surface area contributed by atoms with Gasteiger partial charge in [0.15, 0.2) is 11.5 Å². The highest BCUT2D eigenvalue weighted by Gasteiger charge is 2.19. The Hall–Kier alpha value is -2.28. The molecule has 2 N–H and O–H groups in total. The molecular weight excluding hydrogens is 276 g/mol. The Bertz CT molecular complexity index is 532. The summed E-state index contributed by atoms with van der Waals surface area (Å²) < 4.78 is 15.2. The molecule has 0 saturated heterocycles. The van der Waals surface area contributed by atoms with Gasteiger partial charge in [0.25, 0.3) is 0 Å². The van der Waals surface area contributed by atoms with Crippen LogP contribution < -0.4 is 20.1 Å². The molecule has 21 heavy (non-hydrogen) atoms. The van der Waals surface area contributed by atoms with Gasteiger partial charge in [0.05, 0.1) is 7.11 Å². The monoisotopic (exact) mass is 294 g/mol. The van der Waals surface area contributed by atoms with Crippen LogP contribution in [0.5, 0.6) is 11.5 Å². The van der Waals surface area contributed by atoms with Crippen molar-refractivity contribution in [2.24, 2.45) is 0 Å². The summed E-state index contributed by atoms with van der Waals surface area (Å²) in [5, 5.41) is 5.64. The number of methoxy groups -OCH3 is 1. The van der Waals surface area contributed by atoms with E-state index in [2.05, 4.69) is 15.4 Å². The van der Waals surface area contributed by atoms with Gasteiger partial charge in [-0.3, -0.25) is 4.79 Å². The van der Waals surface area contributed by atoms with Crippen LogP contribution >= 0.6 is 0 Å². The summed E-state index contributed by atoms with van der Waals surface area (Å²) in [6, 6.07) is 4.92. The highest BCUT2D eigenvalue weighted by atomic mass is 16.7. The van der Waals surface area contributed by atoms with Crippen LogP contribution in [0.2, 0.25) is 0 Å². The number of hydrogen-bond acceptors (Lipinski definition) is 6. The number of rotatable bonds is 6. The van der Waals surface area contributed by atoms with Gasteiger partial charge in [-0.1, -0.05) is 6.07 Å². The Kier molecular flexibility index (Phi) is 4.99. The van der Waals surface area contributed by atoms with E-state index in [4.69, 9.17) is 9.47 Å². The molecular formula is C14H18N2O5. The number of carbonyl (C=O) groups is 2. The standard InChI is InChI=1S/C14H18N2O5/c1-9(17)16-11(14(18)19-2)7-15-6-10-3-4-12-13(5-10)21-8-20-12/h3-5,11,15H,6-8H2,1-2H3,(H,16,17). The number of amides is 1. The fourth-order valence-electron chi connectivity index (χ4n) is 1.99. The zero-order valence-electron chi connectivity index (χ0n) is 12.0. The first-order valence-electron chi connectivity index (χ1n) is 6.54. The molecule has 0 saturated carbocycles. The third-order valence-electron chi connectivity index (χ3n) is 2.98. The number of nitrogens with one attached hydrogen (secondary N) is 2. The average molecular weight is 294 g/mol. The molecule has 1 heterocycles. The maximum Gasteiger partial charge on any atom is 0.329 e. The molecule has 1 aromatic carbocycles. The second kappa shape index (κ2) is 6.94. The summed E-state index contributed by atoms with van der Waals surface area (Å²) in [6.07, 6.45) is 0. The van der Waals surface area contributed by atoms with E-state index >= 15 is 0 Å². The van der Waals surface area contributed by atoms with E-state index in [9.17, 15) is 9.59 Å². The van der Waals surface area contributed by atoms with Crippen molar-refractivity contribution in [2.75, 3.05) is 20.4 Å². The van der Waals surface area contributed by atoms with Crippen molar-refractivity contribution in [3.05, 3.63) is 23.8 Å². The quantitative estimate of drug-likeness (QED) is 0.728. The number of esters is 1. The van der Waals surface area contributed by atoms with Gasteiger partial charge in [-0.25, -0.2) is 4.79 Å². The zero-order valence-corrected chi connectivity index (χ0v) is 12.0. The Morgan fingerprint density at radius 2 is 2.10 bits per heavy atom. The molecule has 1 aliphatic heterocycles. The van der Waals surface area contributed by atoms with Crippen molar-refractivity contribution < 1.29 is 23.8 Å². The maximum absolute atomic E-state index is 11.5. The Labute approximate surface area is 122 Å². The van der Waals surface area contributed by atoms with Crippen LogP contribution in [0.15, 0.2) is 18.2 Å². The second-order valence-corrected chi connectivity index (χ2v) is 4.59. The third kappa shape index (κ3) is 4.09. The first kappa shape index (κ1) is 15.1. The summed E-state index contributed by atoms with van der Waals surface area (Å²) in [5.74, 6) is 0.670. The van der Waals surface area contributed by atoms with Crippen molar-refractivity contribution in [1.82, 2.24) is 10.6 Å². The number of benzene rings is 1. The molecule has 114 valence electrons. The second-order valence-electron chi connectivity index (χ2n) is 4.59. The normalized spacial score (nSPS) is 13.6. The molecule has 0 radical (unpaired) electrons. The van der Waals surface area contributed by atoms with Crippen molar-refractivity contribution in [3.63, 3.8) is 0 Å². The van der Waals surface area contributed by atoms with Gasteiger partial charge in [-0.05, 0) is 17.7 Å². The van der Waals surface area contributed by atoms with Crippen LogP contribution in [0.1, 0.15) is 12.5 Å². The fourth-order valence-corrected chi connectivity index (χ4v) is 1.99. The molecule has 1 aliphatic rings. The minimum Gasteiger partial charge on any atom is -0.467 e. The lowest BCUT2D eigenvalue weighted by atomic mass is 10.2. The first-order chi connectivity index (χ1) is 10.1. The zero-order chi connectivity index (χ0) is 15.2. The molecule has 0 fully saturated rings. The molecule has 0 aromatic heterocycles. The first-order valence-corrected chi connectivity index (χ1v) is 6.54. The summed E-state index contributed by atoms with van der Waals surface area (Å²) >= 11 is 0. The number of ether oxygens (including phenoxy) is 3. The van der Waals surface area contributed by atoms with E-state index < -0.39 is 12.0 Å². The van der Waals surface area contributed by atoms with Gasteiger partial charge >= 0.3 is 5.97 Å². The van der Waals surface area contributed by atoms with Crippen molar-refractivity contribution in [3.8, 4) is 11.5 Å². The SMILES string of the molecule is COC(=O)C(CNCc1ccc2c(c1)OCO2)NC(C)=O. The van der Waals surface area contributed by atoms with Crippen LogP contribution in [-0.4, -0.2) is 38.4 Å². The largest absolute Gasteiger partial charge is 0.467 e. The average Bonchev–Trinajstić information content (AvgIpc) is 2.92. The predicted molar refractivity (Wildman–Crippen MR) is 73.9 cm³/mol. The Balaban J connectivity index is 1.86. The number of fused-ring (bicyclic) bond motifs is 1. The lowest BCUT2D eigenvalue weighted by Gasteiger charge is -2.16. The Morgan fingerprint density at radius 1 is 1.33 bits per heavy atom. The molecule has 2 rings (SSSR count). The van der Waals surface area contributed by atoms with E-state index in [1.165, 1.54) is 14.0 Å². The van der Waals surface area contributed by atoms with Gasteiger partial charge in [0, 0.05) is 20.0 Å². The van der Waals surface area contributed by atoms with Crippen LogP contribution in [-0.2, 0) is 20.9 Å². The third-order valence-corrected chi connectivity index (χ3v) is 2.98.